The zero-order valence-corrected chi connectivity index (χ0v) is 13.5. The van der Waals surface area contributed by atoms with Gasteiger partial charge in [-0.15, -0.1) is 0 Å². The summed E-state index contributed by atoms with van der Waals surface area (Å²) in [7, 11) is 2.39. The van der Waals surface area contributed by atoms with Crippen molar-refractivity contribution in [3.63, 3.8) is 0 Å². The summed E-state index contributed by atoms with van der Waals surface area (Å²) in [6.45, 7) is 8.32. The van der Waals surface area contributed by atoms with Gasteiger partial charge >= 0.3 is 0 Å². The van der Waals surface area contributed by atoms with Crippen LogP contribution in [0.5, 0.6) is 0 Å². The van der Waals surface area contributed by atoms with E-state index in [1.54, 1.807) is 0 Å². The summed E-state index contributed by atoms with van der Waals surface area (Å²) in [4.78, 5) is 2.73. The van der Waals surface area contributed by atoms with Crippen LogP contribution in [0.1, 0.15) is 72.1 Å². The van der Waals surface area contributed by atoms with E-state index in [2.05, 4.69) is 38.0 Å². The van der Waals surface area contributed by atoms with Crippen LogP contribution in [0.4, 0.5) is 0 Å². The molecule has 112 valence electrons. The van der Waals surface area contributed by atoms with E-state index in [-0.39, 0.29) is 0 Å². The lowest BCUT2D eigenvalue weighted by atomic mass is 9.75. The standard InChI is InChI=1S/C17H34N2/c1-5-13-18-15-7-6-8-16(15)19(4)14-9-11-17(2,3)12-10-14/h14-16,18H,5-13H2,1-4H3. The van der Waals surface area contributed by atoms with Crippen molar-refractivity contribution >= 4 is 0 Å². The summed E-state index contributed by atoms with van der Waals surface area (Å²) in [5.41, 5.74) is 0.590. The molecule has 0 bridgehead atoms. The van der Waals surface area contributed by atoms with Crippen molar-refractivity contribution < 1.29 is 0 Å². The molecule has 0 radical (unpaired) electrons. The fourth-order valence-corrected chi connectivity index (χ4v) is 4.06. The molecule has 0 saturated heterocycles. The van der Waals surface area contributed by atoms with Crippen molar-refractivity contribution in [3.8, 4) is 0 Å². The smallest absolute Gasteiger partial charge is 0.0249 e. The molecule has 0 aromatic rings. The molecule has 19 heavy (non-hydrogen) atoms. The summed E-state index contributed by atoms with van der Waals surface area (Å²) in [6.07, 6.45) is 11.1. The molecule has 2 nitrogen and oxygen atoms in total. The Kier molecular flexibility index (Phi) is 5.30. The SMILES string of the molecule is CCCNC1CCCC1N(C)C1CCC(C)(C)CC1. The lowest BCUT2D eigenvalue weighted by Crippen LogP contribution is -2.50. The van der Waals surface area contributed by atoms with Gasteiger partial charge < -0.3 is 5.32 Å². The van der Waals surface area contributed by atoms with Gasteiger partial charge in [0.15, 0.2) is 0 Å². The molecule has 0 aliphatic heterocycles. The summed E-state index contributed by atoms with van der Waals surface area (Å²) < 4.78 is 0. The number of nitrogens with one attached hydrogen (secondary N) is 1. The molecule has 2 atom stereocenters. The second kappa shape index (κ2) is 6.58. The largest absolute Gasteiger partial charge is 0.312 e. The number of hydrogen-bond acceptors (Lipinski definition) is 2. The van der Waals surface area contributed by atoms with Crippen molar-refractivity contribution in [2.75, 3.05) is 13.6 Å². The molecule has 2 aliphatic rings. The zero-order valence-electron chi connectivity index (χ0n) is 13.5. The predicted octanol–water partition coefficient (Wildman–Crippen LogP) is 3.81. The van der Waals surface area contributed by atoms with E-state index in [9.17, 15) is 0 Å². The third kappa shape index (κ3) is 3.95. The van der Waals surface area contributed by atoms with Crippen LogP contribution in [0.2, 0.25) is 0 Å². The number of rotatable bonds is 5. The highest BCUT2D eigenvalue weighted by Crippen LogP contribution is 2.38. The summed E-state index contributed by atoms with van der Waals surface area (Å²) >= 11 is 0. The van der Waals surface area contributed by atoms with Crippen LogP contribution in [0.15, 0.2) is 0 Å². The minimum atomic E-state index is 0.590. The van der Waals surface area contributed by atoms with Crippen molar-refractivity contribution in [3.05, 3.63) is 0 Å². The quantitative estimate of drug-likeness (QED) is 0.814. The molecule has 1 N–H and O–H groups in total. The molecular formula is C17H34N2. The van der Waals surface area contributed by atoms with Crippen molar-refractivity contribution in [1.29, 1.82) is 0 Å². The Morgan fingerprint density at radius 3 is 2.42 bits per heavy atom. The molecule has 0 heterocycles. The Balaban J connectivity index is 1.86. The Morgan fingerprint density at radius 1 is 1.11 bits per heavy atom. The first-order valence-electron chi connectivity index (χ1n) is 8.49. The normalized spacial score (nSPS) is 32.1. The fourth-order valence-electron chi connectivity index (χ4n) is 4.06. The predicted molar refractivity (Wildman–Crippen MR) is 83.5 cm³/mol. The Morgan fingerprint density at radius 2 is 1.79 bits per heavy atom. The number of hydrogen-bond donors (Lipinski definition) is 1. The first-order valence-corrected chi connectivity index (χ1v) is 8.49. The fraction of sp³-hybridized carbons (Fsp3) is 1.00. The topological polar surface area (TPSA) is 15.3 Å². The van der Waals surface area contributed by atoms with E-state index in [0.29, 0.717) is 5.41 Å². The van der Waals surface area contributed by atoms with E-state index in [1.807, 2.05) is 0 Å². The van der Waals surface area contributed by atoms with Crippen LogP contribution in [0.3, 0.4) is 0 Å². The zero-order chi connectivity index (χ0) is 13.9. The van der Waals surface area contributed by atoms with Gasteiger partial charge in [-0.05, 0) is 64.0 Å². The van der Waals surface area contributed by atoms with Crippen LogP contribution in [0, 0.1) is 5.41 Å². The van der Waals surface area contributed by atoms with Crippen molar-refractivity contribution in [2.45, 2.75) is 90.3 Å². The maximum atomic E-state index is 3.78. The second-order valence-corrected chi connectivity index (χ2v) is 7.62. The third-order valence-electron chi connectivity index (χ3n) is 5.54. The first-order chi connectivity index (χ1) is 9.03. The van der Waals surface area contributed by atoms with Crippen LogP contribution in [0.25, 0.3) is 0 Å². The third-order valence-corrected chi connectivity index (χ3v) is 5.54. The van der Waals surface area contributed by atoms with Gasteiger partial charge in [0, 0.05) is 18.1 Å². The van der Waals surface area contributed by atoms with E-state index < -0.39 is 0 Å². The van der Waals surface area contributed by atoms with Crippen molar-refractivity contribution in [2.24, 2.45) is 5.41 Å². The lowest BCUT2D eigenvalue weighted by Gasteiger charge is -2.42. The molecule has 2 aliphatic carbocycles. The Labute approximate surface area is 120 Å². The molecular weight excluding hydrogens is 232 g/mol. The van der Waals surface area contributed by atoms with Crippen LogP contribution >= 0.6 is 0 Å². The average Bonchev–Trinajstić information content (AvgIpc) is 2.83. The second-order valence-electron chi connectivity index (χ2n) is 7.62. The maximum absolute atomic E-state index is 3.78. The van der Waals surface area contributed by atoms with Gasteiger partial charge in [-0.25, -0.2) is 0 Å². The molecule has 2 unspecified atom stereocenters. The average molecular weight is 266 g/mol. The van der Waals surface area contributed by atoms with E-state index in [0.717, 1.165) is 18.1 Å². The van der Waals surface area contributed by atoms with Crippen LogP contribution in [-0.2, 0) is 0 Å². The minimum absolute atomic E-state index is 0.590. The van der Waals surface area contributed by atoms with E-state index in [4.69, 9.17) is 0 Å². The van der Waals surface area contributed by atoms with Gasteiger partial charge in [-0.3, -0.25) is 4.90 Å². The summed E-state index contributed by atoms with van der Waals surface area (Å²) in [6, 6.07) is 2.37. The van der Waals surface area contributed by atoms with Gasteiger partial charge in [-0.2, -0.15) is 0 Å². The minimum Gasteiger partial charge on any atom is -0.312 e. The van der Waals surface area contributed by atoms with Gasteiger partial charge in [-0.1, -0.05) is 27.2 Å². The first kappa shape index (κ1) is 15.3. The van der Waals surface area contributed by atoms with Crippen LogP contribution in [-0.4, -0.2) is 36.6 Å². The highest BCUT2D eigenvalue weighted by Gasteiger charge is 2.36. The molecule has 0 aromatic heterocycles. The molecule has 0 spiro atoms. The molecule has 0 amide bonds. The van der Waals surface area contributed by atoms with E-state index in [1.165, 1.54) is 57.9 Å². The molecule has 2 heteroatoms. The van der Waals surface area contributed by atoms with Gasteiger partial charge in [0.1, 0.15) is 0 Å². The summed E-state index contributed by atoms with van der Waals surface area (Å²) in [5, 5.41) is 3.78. The molecule has 2 saturated carbocycles. The summed E-state index contributed by atoms with van der Waals surface area (Å²) in [5.74, 6) is 0. The van der Waals surface area contributed by atoms with Gasteiger partial charge in [0.25, 0.3) is 0 Å². The molecule has 2 fully saturated rings. The maximum Gasteiger partial charge on any atom is 0.0249 e. The number of likely N-dealkylation sites (N-methyl/N-ethyl adjacent to an activating group) is 1. The highest BCUT2D eigenvalue weighted by molar-refractivity contribution is 4.93. The Bertz CT molecular complexity index is 264. The molecule has 0 aromatic carbocycles. The van der Waals surface area contributed by atoms with Gasteiger partial charge in [0.05, 0.1) is 0 Å². The van der Waals surface area contributed by atoms with Crippen LogP contribution < -0.4 is 5.32 Å². The number of nitrogens with zero attached hydrogens (tertiary/aromatic N) is 1. The van der Waals surface area contributed by atoms with Gasteiger partial charge in [0.2, 0.25) is 0 Å². The van der Waals surface area contributed by atoms with Crippen molar-refractivity contribution in [1.82, 2.24) is 10.2 Å². The van der Waals surface area contributed by atoms with E-state index >= 15 is 0 Å². The lowest BCUT2D eigenvalue weighted by molar-refractivity contribution is 0.0856. The Hall–Kier alpha value is -0.0800. The highest BCUT2D eigenvalue weighted by atomic mass is 15.2. The monoisotopic (exact) mass is 266 g/mol. The molecule has 2 rings (SSSR count).